The van der Waals surface area contributed by atoms with Gasteiger partial charge in [-0.1, -0.05) is 0 Å². The number of benzene rings is 1. The Balaban J connectivity index is 1.94. The van der Waals surface area contributed by atoms with Crippen LogP contribution in [0.4, 0.5) is 0 Å². The van der Waals surface area contributed by atoms with Crippen molar-refractivity contribution in [2.24, 2.45) is 0 Å². The van der Waals surface area contributed by atoms with Crippen LogP contribution in [-0.4, -0.2) is 30.0 Å². The lowest BCUT2D eigenvalue weighted by Crippen LogP contribution is -2.51. The minimum Gasteiger partial charge on any atom is -0.497 e. The standard InChI is InChI=1S/C16H22O4/c1-15(2)10-16(6-7-19-15)9-13(17)12-5-4-11(18-3)8-14(12)20-16/h4-5,8,13,17H,6-7,9-10H2,1-3H3/t13-,16?/m0/s1. The molecule has 2 aliphatic heterocycles. The van der Waals surface area contributed by atoms with E-state index < -0.39 is 6.10 Å². The van der Waals surface area contributed by atoms with Gasteiger partial charge in [0.05, 0.1) is 25.4 Å². The van der Waals surface area contributed by atoms with Crippen molar-refractivity contribution in [1.82, 2.24) is 0 Å². The Bertz CT molecular complexity index is 511. The number of ether oxygens (including phenoxy) is 3. The summed E-state index contributed by atoms with van der Waals surface area (Å²) in [6.45, 7) is 4.81. The zero-order valence-electron chi connectivity index (χ0n) is 12.3. The summed E-state index contributed by atoms with van der Waals surface area (Å²) in [4.78, 5) is 0. The molecule has 1 fully saturated rings. The van der Waals surface area contributed by atoms with E-state index in [1.54, 1.807) is 7.11 Å². The Morgan fingerprint density at radius 3 is 2.85 bits per heavy atom. The molecular weight excluding hydrogens is 256 g/mol. The largest absolute Gasteiger partial charge is 0.497 e. The van der Waals surface area contributed by atoms with Gasteiger partial charge in [0.15, 0.2) is 0 Å². The molecule has 2 aliphatic rings. The molecule has 3 rings (SSSR count). The minimum atomic E-state index is -0.487. The molecule has 110 valence electrons. The fraction of sp³-hybridized carbons (Fsp3) is 0.625. The van der Waals surface area contributed by atoms with E-state index in [1.165, 1.54) is 0 Å². The number of rotatable bonds is 1. The minimum absolute atomic E-state index is 0.214. The van der Waals surface area contributed by atoms with Gasteiger partial charge < -0.3 is 19.3 Å². The van der Waals surface area contributed by atoms with E-state index in [1.807, 2.05) is 18.2 Å². The van der Waals surface area contributed by atoms with Crippen LogP contribution in [0.2, 0.25) is 0 Å². The van der Waals surface area contributed by atoms with Crippen molar-refractivity contribution in [3.63, 3.8) is 0 Å². The normalized spacial score (nSPS) is 31.5. The van der Waals surface area contributed by atoms with Crippen molar-refractivity contribution in [1.29, 1.82) is 0 Å². The summed E-state index contributed by atoms with van der Waals surface area (Å²) in [6.07, 6.45) is 1.73. The van der Waals surface area contributed by atoms with Gasteiger partial charge in [-0.05, 0) is 26.0 Å². The molecule has 0 saturated carbocycles. The van der Waals surface area contributed by atoms with E-state index >= 15 is 0 Å². The Morgan fingerprint density at radius 1 is 1.35 bits per heavy atom. The molecule has 1 spiro atoms. The summed E-state index contributed by atoms with van der Waals surface area (Å²) in [7, 11) is 1.63. The van der Waals surface area contributed by atoms with Gasteiger partial charge in [0.25, 0.3) is 0 Å². The van der Waals surface area contributed by atoms with Gasteiger partial charge in [-0.2, -0.15) is 0 Å². The van der Waals surface area contributed by atoms with E-state index in [2.05, 4.69) is 13.8 Å². The average Bonchev–Trinajstić information content (AvgIpc) is 2.36. The molecule has 0 bridgehead atoms. The van der Waals surface area contributed by atoms with E-state index in [9.17, 15) is 5.11 Å². The summed E-state index contributed by atoms with van der Waals surface area (Å²) < 4.78 is 17.3. The van der Waals surface area contributed by atoms with Gasteiger partial charge in [-0.25, -0.2) is 0 Å². The number of aliphatic hydroxyl groups is 1. The molecule has 0 radical (unpaired) electrons. The van der Waals surface area contributed by atoms with Crippen molar-refractivity contribution in [2.75, 3.05) is 13.7 Å². The molecule has 0 amide bonds. The first kappa shape index (κ1) is 13.7. The van der Waals surface area contributed by atoms with Crippen LogP contribution in [0.3, 0.4) is 0 Å². The maximum Gasteiger partial charge on any atom is 0.129 e. The van der Waals surface area contributed by atoms with Crippen LogP contribution in [0.15, 0.2) is 18.2 Å². The van der Waals surface area contributed by atoms with Gasteiger partial charge >= 0.3 is 0 Å². The quantitative estimate of drug-likeness (QED) is 0.858. The second kappa shape index (κ2) is 4.64. The van der Waals surface area contributed by atoms with Crippen LogP contribution in [-0.2, 0) is 4.74 Å². The molecule has 4 heteroatoms. The van der Waals surface area contributed by atoms with E-state index in [-0.39, 0.29) is 11.2 Å². The Morgan fingerprint density at radius 2 is 2.15 bits per heavy atom. The predicted octanol–water partition coefficient (Wildman–Crippen LogP) is 2.84. The highest BCUT2D eigenvalue weighted by Gasteiger charge is 2.47. The van der Waals surface area contributed by atoms with Crippen LogP contribution in [0.25, 0.3) is 0 Å². The first-order chi connectivity index (χ1) is 9.43. The Hall–Kier alpha value is -1.26. The monoisotopic (exact) mass is 278 g/mol. The van der Waals surface area contributed by atoms with Crippen molar-refractivity contribution in [2.45, 2.75) is 50.4 Å². The summed E-state index contributed by atoms with van der Waals surface area (Å²) >= 11 is 0. The molecule has 20 heavy (non-hydrogen) atoms. The summed E-state index contributed by atoms with van der Waals surface area (Å²) in [5.41, 5.74) is 0.301. The zero-order valence-corrected chi connectivity index (χ0v) is 12.3. The molecule has 1 aromatic carbocycles. The summed E-state index contributed by atoms with van der Waals surface area (Å²) in [5.74, 6) is 1.49. The Labute approximate surface area is 119 Å². The van der Waals surface area contributed by atoms with Gasteiger partial charge in [-0.3, -0.25) is 0 Å². The molecule has 2 atom stereocenters. The number of fused-ring (bicyclic) bond motifs is 1. The highest BCUT2D eigenvalue weighted by atomic mass is 16.5. The van der Waals surface area contributed by atoms with Crippen LogP contribution < -0.4 is 9.47 Å². The average molecular weight is 278 g/mol. The van der Waals surface area contributed by atoms with Crippen molar-refractivity contribution < 1.29 is 19.3 Å². The first-order valence-corrected chi connectivity index (χ1v) is 7.12. The van der Waals surface area contributed by atoms with Crippen molar-refractivity contribution in [3.8, 4) is 11.5 Å². The molecule has 4 nitrogen and oxygen atoms in total. The van der Waals surface area contributed by atoms with Crippen LogP contribution in [0, 0.1) is 0 Å². The third-order valence-corrected chi connectivity index (χ3v) is 4.27. The van der Waals surface area contributed by atoms with Crippen molar-refractivity contribution in [3.05, 3.63) is 23.8 Å². The lowest BCUT2D eigenvalue weighted by molar-refractivity contribution is -0.151. The molecule has 1 saturated heterocycles. The van der Waals surface area contributed by atoms with Crippen molar-refractivity contribution >= 4 is 0 Å². The summed E-state index contributed by atoms with van der Waals surface area (Å²) in [5, 5.41) is 10.5. The maximum absolute atomic E-state index is 10.5. The zero-order chi connectivity index (χ0) is 14.4. The van der Waals surface area contributed by atoms with Crippen LogP contribution in [0.5, 0.6) is 11.5 Å². The molecule has 0 aromatic heterocycles. The second-order valence-electron chi connectivity index (χ2n) is 6.44. The van der Waals surface area contributed by atoms with Crippen LogP contribution >= 0.6 is 0 Å². The SMILES string of the molecule is COc1ccc2c(c1)OC1(CCOC(C)(C)C1)C[C@@H]2O. The molecule has 1 N–H and O–H groups in total. The topological polar surface area (TPSA) is 47.9 Å². The molecule has 1 unspecified atom stereocenters. The summed E-state index contributed by atoms with van der Waals surface area (Å²) in [6, 6.07) is 5.61. The fourth-order valence-corrected chi connectivity index (χ4v) is 3.43. The number of hydrogen-bond acceptors (Lipinski definition) is 4. The second-order valence-corrected chi connectivity index (χ2v) is 6.44. The van der Waals surface area contributed by atoms with Crippen LogP contribution in [0.1, 0.15) is 44.8 Å². The fourth-order valence-electron chi connectivity index (χ4n) is 3.43. The maximum atomic E-state index is 10.5. The highest BCUT2D eigenvalue weighted by Crippen LogP contribution is 2.47. The van der Waals surface area contributed by atoms with E-state index in [0.29, 0.717) is 13.0 Å². The number of methoxy groups -OCH3 is 1. The lowest BCUT2D eigenvalue weighted by Gasteiger charge is -2.48. The number of hydrogen-bond donors (Lipinski definition) is 1. The Kier molecular flexibility index (Phi) is 3.18. The first-order valence-electron chi connectivity index (χ1n) is 7.12. The third-order valence-electron chi connectivity index (χ3n) is 4.27. The van der Waals surface area contributed by atoms with Gasteiger partial charge in [0.1, 0.15) is 17.1 Å². The van der Waals surface area contributed by atoms with Gasteiger partial charge in [0.2, 0.25) is 0 Å². The lowest BCUT2D eigenvalue weighted by atomic mass is 9.77. The third kappa shape index (κ3) is 2.38. The van der Waals surface area contributed by atoms with E-state index in [4.69, 9.17) is 14.2 Å². The highest BCUT2D eigenvalue weighted by molar-refractivity contribution is 5.44. The molecule has 1 aromatic rings. The molecular formula is C16H22O4. The molecule has 0 aliphatic carbocycles. The van der Waals surface area contributed by atoms with E-state index in [0.717, 1.165) is 29.9 Å². The van der Waals surface area contributed by atoms with Gasteiger partial charge in [0, 0.05) is 30.9 Å². The molecule has 2 heterocycles. The predicted molar refractivity (Wildman–Crippen MR) is 75.2 cm³/mol. The smallest absolute Gasteiger partial charge is 0.129 e. The number of aliphatic hydroxyl groups excluding tert-OH is 1. The van der Waals surface area contributed by atoms with Gasteiger partial charge in [-0.15, -0.1) is 0 Å².